The van der Waals surface area contributed by atoms with Crippen LogP contribution in [0.2, 0.25) is 0 Å². The number of esters is 1. The highest BCUT2D eigenvalue weighted by Crippen LogP contribution is 2.76. The van der Waals surface area contributed by atoms with E-state index in [-0.39, 0.29) is 52.6 Å². The third-order valence-corrected chi connectivity index (χ3v) is 19.0. The summed E-state index contributed by atoms with van der Waals surface area (Å²) in [7, 11) is 0. The molecule has 0 unspecified atom stereocenters. The van der Waals surface area contributed by atoms with Gasteiger partial charge in [0.05, 0.1) is 37.9 Å². The van der Waals surface area contributed by atoms with Crippen molar-refractivity contribution in [1.29, 1.82) is 0 Å². The van der Waals surface area contributed by atoms with Gasteiger partial charge in [-0.3, -0.25) is 4.79 Å². The molecule has 0 amide bonds. The molecule has 0 aromatic rings. The lowest BCUT2D eigenvalue weighted by Gasteiger charge is -2.71. The first-order valence-corrected chi connectivity index (χ1v) is 23.9. The average Bonchev–Trinajstić information content (AvgIpc) is 3.26. The minimum absolute atomic E-state index is 0.0557. The summed E-state index contributed by atoms with van der Waals surface area (Å²) in [6.07, 6.45) is -12.5. The number of hydrogen-bond donors (Lipinski definition) is 11. The number of aliphatic hydroxyl groups excluding tert-OH is 11. The Kier molecular flexibility index (Phi) is 13.7. The standard InChI is InChI=1S/C47H76O18/c1-42(2)13-15-47(41(59)65-40-37(58)34(55)32(53)26(63-40)20-61-38-36(57)33(54)31(52)25(18-48)62-38)16-14-45(5)22(23(47)17-42)7-8-28-43(3)11-10-29(64-39-35(56)30(51)24(50)19-60-39)44(4,21-49)27(43)9-12-46(28,45)6/h7,23-40,48-58H,8-21H2,1-6H3/t23-,24+,25+,26-,27+,28+,29-,30-,31-,32-,33+,34+,35-,36-,37-,38+,39-,40+,43+,44-,45-,46-,47+/m0/s1. The highest BCUT2D eigenvalue weighted by Gasteiger charge is 2.70. The van der Waals surface area contributed by atoms with Crippen LogP contribution in [0.4, 0.5) is 0 Å². The highest BCUT2D eigenvalue weighted by atomic mass is 16.7. The lowest BCUT2D eigenvalue weighted by molar-refractivity contribution is -0.328. The Labute approximate surface area is 380 Å². The summed E-state index contributed by atoms with van der Waals surface area (Å²) < 4.78 is 35.2. The summed E-state index contributed by atoms with van der Waals surface area (Å²) in [6, 6.07) is 0. The van der Waals surface area contributed by atoms with Crippen molar-refractivity contribution in [2.24, 2.45) is 50.2 Å². The monoisotopic (exact) mass is 929 g/mol. The molecule has 18 nitrogen and oxygen atoms in total. The molecule has 0 aromatic heterocycles. The molecule has 0 aromatic carbocycles. The minimum Gasteiger partial charge on any atom is -0.432 e. The fraction of sp³-hybridized carbons (Fsp3) is 0.936. The van der Waals surface area contributed by atoms with Crippen molar-refractivity contribution in [3.05, 3.63) is 11.6 Å². The average molecular weight is 929 g/mol. The third kappa shape index (κ3) is 7.89. The molecule has 5 aliphatic carbocycles. The summed E-state index contributed by atoms with van der Waals surface area (Å²) >= 11 is 0. The van der Waals surface area contributed by atoms with E-state index in [4.69, 9.17) is 28.4 Å². The molecule has 0 spiro atoms. The third-order valence-electron chi connectivity index (χ3n) is 19.0. The van der Waals surface area contributed by atoms with E-state index in [0.717, 1.165) is 38.5 Å². The van der Waals surface area contributed by atoms with Gasteiger partial charge in [0.1, 0.15) is 67.1 Å². The number of ether oxygens (including phenoxy) is 6. The Morgan fingerprint density at radius 3 is 2.00 bits per heavy atom. The van der Waals surface area contributed by atoms with Crippen LogP contribution >= 0.6 is 0 Å². The molecule has 8 rings (SSSR count). The minimum atomic E-state index is -1.81. The lowest BCUT2D eigenvalue weighted by atomic mass is 9.33. The van der Waals surface area contributed by atoms with Gasteiger partial charge in [-0.25, -0.2) is 0 Å². The Bertz CT molecular complexity index is 1760. The molecular weight excluding hydrogens is 852 g/mol. The van der Waals surface area contributed by atoms with Crippen LogP contribution in [0.15, 0.2) is 11.6 Å². The van der Waals surface area contributed by atoms with E-state index in [1.165, 1.54) is 5.57 Å². The molecule has 23 atom stereocenters. The maximum atomic E-state index is 14.9. The molecule has 4 saturated carbocycles. The van der Waals surface area contributed by atoms with Gasteiger partial charge in [0.25, 0.3) is 0 Å². The van der Waals surface area contributed by atoms with Crippen LogP contribution in [0.1, 0.15) is 106 Å². The van der Waals surface area contributed by atoms with Gasteiger partial charge >= 0.3 is 5.97 Å². The summed E-state index contributed by atoms with van der Waals surface area (Å²) in [5, 5.41) is 116. The quantitative estimate of drug-likeness (QED) is 0.0808. The Hall–Kier alpha value is -1.43. The van der Waals surface area contributed by atoms with Gasteiger partial charge in [-0.05, 0) is 104 Å². The molecule has 0 radical (unpaired) electrons. The molecule has 65 heavy (non-hydrogen) atoms. The highest BCUT2D eigenvalue weighted by molar-refractivity contribution is 5.79. The maximum absolute atomic E-state index is 14.9. The van der Waals surface area contributed by atoms with Gasteiger partial charge < -0.3 is 84.6 Å². The summed E-state index contributed by atoms with van der Waals surface area (Å²) in [5.41, 5.74) is -1.23. The Morgan fingerprint density at radius 1 is 0.692 bits per heavy atom. The van der Waals surface area contributed by atoms with E-state index in [1.54, 1.807) is 0 Å². The van der Waals surface area contributed by atoms with Crippen molar-refractivity contribution in [1.82, 2.24) is 0 Å². The van der Waals surface area contributed by atoms with Crippen molar-refractivity contribution in [3.63, 3.8) is 0 Å². The van der Waals surface area contributed by atoms with Crippen LogP contribution in [0.3, 0.4) is 0 Å². The normalized spacial score (nSPS) is 54.3. The molecular formula is C47H76O18. The van der Waals surface area contributed by atoms with Gasteiger partial charge in [0.15, 0.2) is 12.6 Å². The van der Waals surface area contributed by atoms with E-state index in [9.17, 15) is 61.0 Å². The second-order valence-corrected chi connectivity index (χ2v) is 22.9. The largest absolute Gasteiger partial charge is 0.432 e. The molecule has 3 aliphatic heterocycles. The number of rotatable bonds is 9. The zero-order valence-corrected chi connectivity index (χ0v) is 38.6. The molecule has 18 heteroatoms. The first-order chi connectivity index (χ1) is 30.4. The first kappa shape index (κ1) is 50.0. The van der Waals surface area contributed by atoms with Crippen molar-refractivity contribution in [3.8, 4) is 0 Å². The molecule has 0 bridgehead atoms. The van der Waals surface area contributed by atoms with E-state index in [1.807, 2.05) is 0 Å². The molecule has 3 heterocycles. The van der Waals surface area contributed by atoms with Gasteiger partial charge in [0, 0.05) is 5.41 Å². The van der Waals surface area contributed by atoms with Crippen LogP contribution in [0.5, 0.6) is 0 Å². The van der Waals surface area contributed by atoms with Crippen LogP contribution in [-0.4, -0.2) is 181 Å². The van der Waals surface area contributed by atoms with E-state index in [0.29, 0.717) is 25.7 Å². The van der Waals surface area contributed by atoms with Crippen LogP contribution in [0.25, 0.3) is 0 Å². The summed E-state index contributed by atoms with van der Waals surface area (Å²) in [4.78, 5) is 14.9. The number of fused-ring (bicyclic) bond motifs is 7. The van der Waals surface area contributed by atoms with Crippen LogP contribution < -0.4 is 0 Å². The van der Waals surface area contributed by atoms with Gasteiger partial charge in [0.2, 0.25) is 6.29 Å². The van der Waals surface area contributed by atoms with Crippen molar-refractivity contribution < 1.29 is 89.4 Å². The second-order valence-electron chi connectivity index (χ2n) is 22.9. The fourth-order valence-corrected chi connectivity index (χ4v) is 14.7. The van der Waals surface area contributed by atoms with Crippen LogP contribution in [0, 0.1) is 50.2 Å². The predicted molar refractivity (Wildman–Crippen MR) is 226 cm³/mol. The Morgan fingerprint density at radius 2 is 1.32 bits per heavy atom. The molecule has 8 aliphatic rings. The number of aliphatic hydroxyl groups is 11. The topological polar surface area (TPSA) is 295 Å². The molecule has 7 fully saturated rings. The van der Waals surface area contributed by atoms with Gasteiger partial charge in [-0.15, -0.1) is 0 Å². The first-order valence-electron chi connectivity index (χ1n) is 23.9. The number of carbonyl (C=O) groups is 1. The number of carbonyl (C=O) groups excluding carboxylic acids is 1. The van der Waals surface area contributed by atoms with E-state index < -0.39 is 122 Å². The zero-order chi connectivity index (χ0) is 47.4. The van der Waals surface area contributed by atoms with Crippen molar-refractivity contribution in [2.45, 2.75) is 198 Å². The SMILES string of the molecule is CC1(C)CC[C@@]2(C(=O)O[C@H]3O[C@@H](CO[C@@H]4O[C@H](CO)[C@H](O)[C@@H](O)[C@@H]4O)[C@H](O)[C@@H](O)[C@@H]3O)CC[C@@]3(C)C(=CC[C@@H]4[C@]5(C)CC[C@H](O[C@@H]6OC[C@@H](O)[C@H](O)[C@@H]6O)[C@@](C)(CO)[C@@H]5CC[C@@]43C)[C@@H]2C1. The lowest BCUT2D eigenvalue weighted by Crippen LogP contribution is -2.67. The van der Waals surface area contributed by atoms with Crippen LogP contribution in [-0.2, 0) is 33.2 Å². The molecule has 3 saturated heterocycles. The van der Waals surface area contributed by atoms with Gasteiger partial charge in [-0.1, -0.05) is 53.2 Å². The van der Waals surface area contributed by atoms with Crippen molar-refractivity contribution >= 4 is 5.97 Å². The number of allylic oxidation sites excluding steroid dienone is 2. The second kappa shape index (κ2) is 17.8. The van der Waals surface area contributed by atoms with E-state index in [2.05, 4.69) is 47.6 Å². The Balaban J connectivity index is 1.02. The molecule has 11 N–H and O–H groups in total. The summed E-state index contributed by atoms with van der Waals surface area (Å²) in [5.74, 6) is -0.485. The van der Waals surface area contributed by atoms with E-state index >= 15 is 0 Å². The fourth-order valence-electron chi connectivity index (χ4n) is 14.7. The predicted octanol–water partition coefficient (Wildman–Crippen LogP) is -0.248. The van der Waals surface area contributed by atoms with Gasteiger partial charge in [-0.2, -0.15) is 0 Å². The zero-order valence-electron chi connectivity index (χ0n) is 38.6. The number of hydrogen-bond acceptors (Lipinski definition) is 18. The molecule has 372 valence electrons. The smallest absolute Gasteiger partial charge is 0.315 e. The summed E-state index contributed by atoms with van der Waals surface area (Å²) in [6.45, 7) is 12.1. The van der Waals surface area contributed by atoms with Crippen molar-refractivity contribution in [2.75, 3.05) is 26.4 Å². The maximum Gasteiger partial charge on any atom is 0.315 e.